The maximum atomic E-state index is 12.9. The van der Waals surface area contributed by atoms with E-state index in [2.05, 4.69) is 10.2 Å². The number of aromatic hydroxyl groups is 1. The fraction of sp³-hybridized carbons (Fsp3) is 0.533. The summed E-state index contributed by atoms with van der Waals surface area (Å²) in [5.41, 5.74) is 0.103. The van der Waals surface area contributed by atoms with E-state index in [1.807, 2.05) is 6.92 Å². The van der Waals surface area contributed by atoms with Crippen LogP contribution in [0.25, 0.3) is 0 Å². The molecule has 1 amide bonds. The van der Waals surface area contributed by atoms with Crippen molar-refractivity contribution in [3.63, 3.8) is 0 Å². The molecule has 0 spiro atoms. The monoisotopic (exact) mass is 294 g/mol. The van der Waals surface area contributed by atoms with Gasteiger partial charge in [-0.25, -0.2) is 4.39 Å². The molecule has 3 rings (SSSR count). The van der Waals surface area contributed by atoms with Gasteiger partial charge in [-0.2, -0.15) is 0 Å². The van der Waals surface area contributed by atoms with Crippen LogP contribution in [0.3, 0.4) is 0 Å². The summed E-state index contributed by atoms with van der Waals surface area (Å²) in [7, 11) is 0. The molecule has 3 atom stereocenters. The van der Waals surface area contributed by atoms with Crippen molar-refractivity contribution in [2.24, 2.45) is 0 Å². The van der Waals surface area contributed by atoms with Gasteiger partial charge in [0.15, 0.2) is 0 Å². The Morgan fingerprint density at radius 3 is 3.05 bits per heavy atom. The second-order valence-electron chi connectivity index (χ2n) is 5.82. The minimum atomic E-state index is -0.562. The second kappa shape index (κ2) is 5.61. The Hall–Kier alpha value is -1.66. The smallest absolute Gasteiger partial charge is 0.255 e. The molecule has 0 bridgehead atoms. The average Bonchev–Trinajstić information content (AvgIpc) is 2.79. The Morgan fingerprint density at radius 2 is 2.29 bits per heavy atom. The maximum Gasteiger partial charge on any atom is 0.255 e. The zero-order chi connectivity index (χ0) is 15.0. The Balaban J connectivity index is 1.63. The molecule has 2 N–H and O–H groups in total. The first-order valence-corrected chi connectivity index (χ1v) is 7.18. The number of ether oxygens (including phenoxy) is 1. The van der Waals surface area contributed by atoms with Crippen LogP contribution in [0, 0.1) is 5.82 Å². The lowest BCUT2D eigenvalue weighted by Gasteiger charge is -2.33. The number of rotatable bonds is 2. The number of nitrogens with one attached hydrogen (secondary N) is 1. The lowest BCUT2D eigenvalue weighted by atomic mass is 10.1. The molecule has 114 valence electrons. The number of hydrogen-bond donors (Lipinski definition) is 2. The molecule has 2 saturated heterocycles. The number of halogens is 1. The lowest BCUT2D eigenvalue weighted by Crippen LogP contribution is -2.45. The molecule has 2 aliphatic rings. The highest BCUT2D eigenvalue weighted by molar-refractivity contribution is 5.97. The van der Waals surface area contributed by atoms with Crippen molar-refractivity contribution < 1.29 is 19.0 Å². The summed E-state index contributed by atoms with van der Waals surface area (Å²) in [6, 6.07) is 3.78. The van der Waals surface area contributed by atoms with Crippen LogP contribution in [0.1, 0.15) is 23.7 Å². The number of fused-ring (bicyclic) bond motifs is 1. The molecule has 1 aromatic rings. The molecular weight excluding hydrogens is 275 g/mol. The SMILES string of the molecule is C[C@H]1CN2C[C@@H](NC(=O)c3ccc(F)cc3O)C[C@H]2CO1. The molecule has 0 aromatic heterocycles. The second-order valence-corrected chi connectivity index (χ2v) is 5.82. The summed E-state index contributed by atoms with van der Waals surface area (Å²) < 4.78 is 18.6. The Kier molecular flexibility index (Phi) is 3.82. The third kappa shape index (κ3) is 3.01. The minimum Gasteiger partial charge on any atom is -0.507 e. The third-order valence-electron chi connectivity index (χ3n) is 4.13. The van der Waals surface area contributed by atoms with Crippen molar-refractivity contribution in [3.05, 3.63) is 29.6 Å². The number of morpholine rings is 1. The van der Waals surface area contributed by atoms with Gasteiger partial charge in [0.05, 0.1) is 18.3 Å². The maximum absolute atomic E-state index is 12.9. The minimum absolute atomic E-state index is 0.0286. The molecule has 1 aromatic carbocycles. The van der Waals surface area contributed by atoms with Crippen LogP contribution in [0.5, 0.6) is 5.75 Å². The van der Waals surface area contributed by atoms with Crippen LogP contribution >= 0.6 is 0 Å². The summed E-state index contributed by atoms with van der Waals surface area (Å²) in [5, 5.41) is 12.6. The Bertz CT molecular complexity index is 552. The molecule has 5 nitrogen and oxygen atoms in total. The lowest BCUT2D eigenvalue weighted by molar-refractivity contribution is -0.0390. The number of phenolic OH excluding ortho intramolecular Hbond substituents is 1. The highest BCUT2D eigenvalue weighted by Gasteiger charge is 2.36. The first-order valence-electron chi connectivity index (χ1n) is 7.18. The van der Waals surface area contributed by atoms with Gasteiger partial charge in [0.25, 0.3) is 5.91 Å². The molecule has 0 unspecified atom stereocenters. The molecule has 2 heterocycles. The van der Waals surface area contributed by atoms with Crippen LogP contribution in [0.15, 0.2) is 18.2 Å². The molecule has 0 saturated carbocycles. The zero-order valence-electron chi connectivity index (χ0n) is 11.9. The van der Waals surface area contributed by atoms with Crippen molar-refractivity contribution in [3.8, 4) is 5.75 Å². The molecular formula is C15H19FN2O3. The summed E-state index contributed by atoms with van der Waals surface area (Å²) in [4.78, 5) is 14.5. The number of hydrogen-bond acceptors (Lipinski definition) is 4. The van der Waals surface area contributed by atoms with Gasteiger partial charge in [-0.1, -0.05) is 0 Å². The van der Waals surface area contributed by atoms with Crippen molar-refractivity contribution in [1.29, 1.82) is 0 Å². The van der Waals surface area contributed by atoms with Crippen molar-refractivity contribution in [2.45, 2.75) is 31.5 Å². The van der Waals surface area contributed by atoms with Crippen molar-refractivity contribution >= 4 is 5.91 Å². The van der Waals surface area contributed by atoms with E-state index in [0.29, 0.717) is 12.6 Å². The predicted molar refractivity (Wildman–Crippen MR) is 74.7 cm³/mol. The number of carbonyl (C=O) groups excluding carboxylic acids is 1. The van der Waals surface area contributed by atoms with Crippen LogP contribution in [0.4, 0.5) is 4.39 Å². The van der Waals surface area contributed by atoms with Gasteiger partial charge in [-0.3, -0.25) is 9.69 Å². The molecule has 2 fully saturated rings. The van der Waals surface area contributed by atoms with Gasteiger partial charge in [0, 0.05) is 31.2 Å². The van der Waals surface area contributed by atoms with Gasteiger partial charge in [-0.05, 0) is 25.5 Å². The van der Waals surface area contributed by atoms with E-state index in [4.69, 9.17) is 4.74 Å². The standard InChI is InChI=1S/C15H19FN2O3/c1-9-6-18-7-11(5-12(18)8-21-9)17-15(20)13-3-2-10(16)4-14(13)19/h2-4,9,11-12,19H,5-8H2,1H3,(H,17,20)/t9-,11-,12-/m0/s1. The highest BCUT2D eigenvalue weighted by Crippen LogP contribution is 2.24. The molecule has 21 heavy (non-hydrogen) atoms. The summed E-state index contributed by atoms with van der Waals surface area (Å²) in [6.45, 7) is 4.39. The van der Waals surface area contributed by atoms with E-state index in [0.717, 1.165) is 25.6 Å². The van der Waals surface area contributed by atoms with Crippen LogP contribution in [-0.4, -0.2) is 53.8 Å². The highest BCUT2D eigenvalue weighted by atomic mass is 19.1. The Labute approximate surface area is 122 Å². The van der Waals surface area contributed by atoms with E-state index in [1.165, 1.54) is 12.1 Å². The predicted octanol–water partition coefficient (Wildman–Crippen LogP) is 1.12. The van der Waals surface area contributed by atoms with Crippen LogP contribution in [-0.2, 0) is 4.74 Å². The van der Waals surface area contributed by atoms with Gasteiger partial charge in [-0.15, -0.1) is 0 Å². The fourth-order valence-corrected chi connectivity index (χ4v) is 3.10. The van der Waals surface area contributed by atoms with Crippen LogP contribution in [0.2, 0.25) is 0 Å². The topological polar surface area (TPSA) is 61.8 Å². The van der Waals surface area contributed by atoms with E-state index in [-0.39, 0.29) is 29.4 Å². The quantitative estimate of drug-likeness (QED) is 0.858. The summed E-state index contributed by atoms with van der Waals surface area (Å²) in [6.07, 6.45) is 1.05. The summed E-state index contributed by atoms with van der Waals surface area (Å²) >= 11 is 0. The van der Waals surface area contributed by atoms with E-state index in [1.54, 1.807) is 0 Å². The number of benzene rings is 1. The number of amides is 1. The van der Waals surface area contributed by atoms with E-state index < -0.39 is 5.82 Å². The normalized spacial score (nSPS) is 29.1. The van der Waals surface area contributed by atoms with Crippen LogP contribution < -0.4 is 5.32 Å². The third-order valence-corrected chi connectivity index (χ3v) is 4.13. The van der Waals surface area contributed by atoms with Gasteiger partial charge < -0.3 is 15.2 Å². The molecule has 2 aliphatic heterocycles. The first-order chi connectivity index (χ1) is 10.0. The molecule has 6 heteroatoms. The van der Waals surface area contributed by atoms with Crippen molar-refractivity contribution in [1.82, 2.24) is 10.2 Å². The van der Waals surface area contributed by atoms with Gasteiger partial charge in [0.1, 0.15) is 11.6 Å². The van der Waals surface area contributed by atoms with Gasteiger partial charge in [0.2, 0.25) is 0 Å². The first kappa shape index (κ1) is 14.3. The van der Waals surface area contributed by atoms with Crippen molar-refractivity contribution in [2.75, 3.05) is 19.7 Å². The van der Waals surface area contributed by atoms with E-state index in [9.17, 15) is 14.3 Å². The Morgan fingerprint density at radius 1 is 1.48 bits per heavy atom. The summed E-state index contributed by atoms with van der Waals surface area (Å²) in [5.74, 6) is -1.26. The van der Waals surface area contributed by atoms with Gasteiger partial charge >= 0.3 is 0 Å². The number of nitrogens with zero attached hydrogens (tertiary/aromatic N) is 1. The fourth-order valence-electron chi connectivity index (χ4n) is 3.10. The zero-order valence-corrected chi connectivity index (χ0v) is 11.9. The number of carbonyl (C=O) groups is 1. The average molecular weight is 294 g/mol. The largest absolute Gasteiger partial charge is 0.507 e. The number of phenols is 1. The molecule has 0 radical (unpaired) electrons. The molecule has 0 aliphatic carbocycles. The van der Waals surface area contributed by atoms with E-state index >= 15 is 0 Å².